The van der Waals surface area contributed by atoms with Gasteiger partial charge in [-0.1, -0.05) is 48.1 Å². The van der Waals surface area contributed by atoms with Crippen molar-refractivity contribution in [3.63, 3.8) is 0 Å². The molecular weight excluding hydrogens is 264 g/mol. The Labute approximate surface area is 125 Å². The van der Waals surface area contributed by atoms with Crippen LogP contribution in [0.5, 0.6) is 0 Å². The molecule has 1 aromatic carbocycles. The van der Waals surface area contributed by atoms with Crippen molar-refractivity contribution in [2.45, 2.75) is 27.2 Å². The zero-order valence-corrected chi connectivity index (χ0v) is 12.7. The Kier molecular flexibility index (Phi) is 4.41. The first-order valence-corrected chi connectivity index (χ1v) is 7.13. The number of esters is 1. The van der Waals surface area contributed by atoms with Gasteiger partial charge in [-0.2, -0.15) is 0 Å². The van der Waals surface area contributed by atoms with Gasteiger partial charge >= 0.3 is 5.97 Å². The highest BCUT2D eigenvalue weighted by Gasteiger charge is 2.50. The molecule has 1 unspecified atom stereocenters. The molecule has 0 bridgehead atoms. The molecule has 0 aliphatic heterocycles. The lowest BCUT2D eigenvalue weighted by atomic mass is 9.76. The monoisotopic (exact) mass is 284 g/mol. The molecule has 2 rings (SSSR count). The Hall–Kier alpha value is -2.16. The van der Waals surface area contributed by atoms with Crippen molar-refractivity contribution < 1.29 is 14.3 Å². The molecule has 1 aromatic rings. The number of ketones is 1. The number of Topliss-reactive ketones (excluding diaryl/α,β-unsaturated/α-hetero) is 1. The number of allylic oxidation sites excluding steroid dienone is 2. The van der Waals surface area contributed by atoms with Crippen molar-refractivity contribution in [3.8, 4) is 0 Å². The first-order chi connectivity index (χ1) is 10.0. The van der Waals surface area contributed by atoms with Crippen LogP contribution >= 0.6 is 0 Å². The number of rotatable bonds is 4. The predicted molar refractivity (Wildman–Crippen MR) is 82.5 cm³/mol. The van der Waals surface area contributed by atoms with Gasteiger partial charge in [0.25, 0.3) is 0 Å². The van der Waals surface area contributed by atoms with E-state index >= 15 is 0 Å². The van der Waals surface area contributed by atoms with Gasteiger partial charge in [0.05, 0.1) is 6.61 Å². The van der Waals surface area contributed by atoms with Crippen molar-refractivity contribution in [2.24, 2.45) is 5.41 Å². The first-order valence-electron chi connectivity index (χ1n) is 7.13. The minimum absolute atomic E-state index is 0.170. The Morgan fingerprint density at radius 1 is 1.29 bits per heavy atom. The Morgan fingerprint density at radius 2 is 1.95 bits per heavy atom. The van der Waals surface area contributed by atoms with Crippen LogP contribution in [0.4, 0.5) is 0 Å². The number of benzene rings is 1. The lowest BCUT2D eigenvalue weighted by Crippen LogP contribution is -2.39. The van der Waals surface area contributed by atoms with Gasteiger partial charge in [0, 0.05) is 0 Å². The summed E-state index contributed by atoms with van der Waals surface area (Å²) in [4.78, 5) is 24.7. The molecule has 21 heavy (non-hydrogen) atoms. The molecule has 3 nitrogen and oxygen atoms in total. The highest BCUT2D eigenvalue weighted by molar-refractivity contribution is 6.08. The molecular formula is C18H20O3. The molecule has 0 fully saturated rings. The molecule has 0 radical (unpaired) electrons. The summed E-state index contributed by atoms with van der Waals surface area (Å²) < 4.78 is 5.17. The fourth-order valence-electron chi connectivity index (χ4n) is 2.77. The van der Waals surface area contributed by atoms with Crippen LogP contribution in [0.15, 0.2) is 47.6 Å². The molecule has 0 saturated heterocycles. The Morgan fingerprint density at radius 3 is 2.52 bits per heavy atom. The van der Waals surface area contributed by atoms with Gasteiger partial charge in [-0.05, 0) is 38.3 Å². The van der Waals surface area contributed by atoms with E-state index in [2.05, 4.69) is 0 Å². The van der Waals surface area contributed by atoms with Crippen LogP contribution in [0.25, 0.3) is 6.08 Å². The zero-order valence-electron chi connectivity index (χ0n) is 12.7. The van der Waals surface area contributed by atoms with Crippen LogP contribution in [0, 0.1) is 5.41 Å². The van der Waals surface area contributed by atoms with E-state index in [0.717, 1.165) is 16.7 Å². The van der Waals surface area contributed by atoms with E-state index in [4.69, 9.17) is 4.74 Å². The second-order valence-electron chi connectivity index (χ2n) is 5.36. The average molecular weight is 284 g/mol. The number of carbonyl (C=O) groups excluding carboxylic acids is 2. The summed E-state index contributed by atoms with van der Waals surface area (Å²) in [7, 11) is 0. The summed E-state index contributed by atoms with van der Waals surface area (Å²) in [6.07, 6.45) is 4.22. The van der Waals surface area contributed by atoms with Gasteiger partial charge < -0.3 is 4.74 Å². The van der Waals surface area contributed by atoms with E-state index in [1.807, 2.05) is 49.4 Å². The van der Waals surface area contributed by atoms with Gasteiger partial charge in [0.2, 0.25) is 0 Å². The van der Waals surface area contributed by atoms with E-state index in [1.54, 1.807) is 6.92 Å². The highest BCUT2D eigenvalue weighted by Crippen LogP contribution is 2.44. The molecule has 3 heteroatoms. The zero-order chi connectivity index (χ0) is 15.5. The molecule has 1 atom stereocenters. The minimum Gasteiger partial charge on any atom is -0.465 e. The summed E-state index contributed by atoms with van der Waals surface area (Å²) in [5.74, 6) is -0.621. The van der Waals surface area contributed by atoms with E-state index in [9.17, 15) is 9.59 Å². The molecule has 0 heterocycles. The molecule has 0 saturated carbocycles. The maximum atomic E-state index is 12.4. The fraction of sp³-hybridized carbons (Fsp3) is 0.333. The Bertz CT molecular complexity index is 611. The van der Waals surface area contributed by atoms with Crippen LogP contribution in [-0.4, -0.2) is 18.4 Å². The fourth-order valence-corrected chi connectivity index (χ4v) is 2.77. The smallest absolute Gasteiger partial charge is 0.324 e. The summed E-state index contributed by atoms with van der Waals surface area (Å²) in [6.45, 7) is 5.41. The minimum atomic E-state index is -1.18. The van der Waals surface area contributed by atoms with Gasteiger partial charge in [-0.3, -0.25) is 9.59 Å². The number of hydrogen-bond donors (Lipinski definition) is 0. The van der Waals surface area contributed by atoms with E-state index < -0.39 is 11.4 Å². The molecule has 1 aliphatic carbocycles. The normalized spacial score (nSPS) is 23.0. The van der Waals surface area contributed by atoms with Gasteiger partial charge in [0.15, 0.2) is 11.2 Å². The largest absolute Gasteiger partial charge is 0.465 e. The average Bonchev–Trinajstić information content (AvgIpc) is 2.78. The summed E-state index contributed by atoms with van der Waals surface area (Å²) in [6, 6.07) is 9.69. The van der Waals surface area contributed by atoms with Gasteiger partial charge in [-0.15, -0.1) is 0 Å². The van der Waals surface area contributed by atoms with Gasteiger partial charge in [0.1, 0.15) is 0 Å². The molecule has 0 amide bonds. The molecule has 0 spiro atoms. The third kappa shape index (κ3) is 2.82. The van der Waals surface area contributed by atoms with E-state index in [1.165, 1.54) is 6.92 Å². The molecule has 0 N–H and O–H groups in total. The van der Waals surface area contributed by atoms with Crippen molar-refractivity contribution in [2.75, 3.05) is 6.61 Å². The maximum absolute atomic E-state index is 12.4. The molecule has 0 aromatic heterocycles. The first kappa shape index (κ1) is 15.2. The van der Waals surface area contributed by atoms with Crippen LogP contribution in [0.2, 0.25) is 0 Å². The third-order valence-electron chi connectivity index (χ3n) is 3.79. The third-order valence-corrected chi connectivity index (χ3v) is 3.79. The Balaban J connectivity index is 2.52. The second-order valence-corrected chi connectivity index (χ2v) is 5.36. The van der Waals surface area contributed by atoms with Crippen molar-refractivity contribution >= 4 is 17.8 Å². The highest BCUT2D eigenvalue weighted by atomic mass is 16.5. The quantitative estimate of drug-likeness (QED) is 0.627. The maximum Gasteiger partial charge on any atom is 0.324 e. The number of carbonyl (C=O) groups is 2. The standard InChI is InChI=1S/C18H20O3/c1-4-21-17(20)18(14(3)19)12-13(2)10-16(18)11-15-8-6-5-7-9-15/h5-11H,4,12H2,1-3H3/b16-11-. The summed E-state index contributed by atoms with van der Waals surface area (Å²) in [5, 5.41) is 0. The topological polar surface area (TPSA) is 43.4 Å². The van der Waals surface area contributed by atoms with Crippen molar-refractivity contribution in [1.82, 2.24) is 0 Å². The molecule has 110 valence electrons. The van der Waals surface area contributed by atoms with Crippen molar-refractivity contribution in [3.05, 3.63) is 53.1 Å². The van der Waals surface area contributed by atoms with Crippen LogP contribution < -0.4 is 0 Å². The number of ether oxygens (including phenoxy) is 1. The number of hydrogen-bond acceptors (Lipinski definition) is 3. The van der Waals surface area contributed by atoms with E-state index in [-0.39, 0.29) is 12.4 Å². The van der Waals surface area contributed by atoms with E-state index in [0.29, 0.717) is 6.42 Å². The van der Waals surface area contributed by atoms with Crippen LogP contribution in [0.1, 0.15) is 32.8 Å². The lowest BCUT2D eigenvalue weighted by Gasteiger charge is -2.26. The molecule has 1 aliphatic rings. The van der Waals surface area contributed by atoms with Crippen molar-refractivity contribution in [1.29, 1.82) is 0 Å². The van der Waals surface area contributed by atoms with Crippen LogP contribution in [0.3, 0.4) is 0 Å². The summed E-state index contributed by atoms with van der Waals surface area (Å²) in [5.41, 5.74) is 1.52. The summed E-state index contributed by atoms with van der Waals surface area (Å²) >= 11 is 0. The van der Waals surface area contributed by atoms with Crippen LogP contribution in [-0.2, 0) is 14.3 Å². The second kappa shape index (κ2) is 6.08. The predicted octanol–water partition coefficient (Wildman–Crippen LogP) is 3.56. The lowest BCUT2D eigenvalue weighted by molar-refractivity contribution is -0.156. The van der Waals surface area contributed by atoms with Gasteiger partial charge in [-0.25, -0.2) is 0 Å². The SMILES string of the molecule is CCOC(=O)C1(C(C)=O)CC(C)=C/C1=C/c1ccccc1.